The largest absolute Gasteiger partial charge is 0.462 e. The van der Waals surface area contributed by atoms with Crippen LogP contribution in [0, 0.1) is 5.92 Å². The summed E-state index contributed by atoms with van der Waals surface area (Å²) in [6.07, 6.45) is 2.21. The maximum absolute atomic E-state index is 11.9. The van der Waals surface area contributed by atoms with E-state index in [0.29, 0.717) is 23.8 Å². The van der Waals surface area contributed by atoms with Gasteiger partial charge in [0.25, 0.3) is 0 Å². The molecule has 5 nitrogen and oxygen atoms in total. The Morgan fingerprint density at radius 1 is 1.38 bits per heavy atom. The second kappa shape index (κ2) is 7.31. The lowest BCUT2D eigenvalue weighted by Crippen LogP contribution is -2.35. The van der Waals surface area contributed by atoms with Crippen LogP contribution in [0.2, 0.25) is 0 Å². The Labute approximate surface area is 126 Å². The number of benzene rings is 1. The molecule has 0 spiro atoms. The number of methoxy groups -OCH3 is 1. The zero-order valence-corrected chi connectivity index (χ0v) is 12.8. The number of anilines is 2. The third kappa shape index (κ3) is 3.88. The van der Waals surface area contributed by atoms with Gasteiger partial charge in [0.05, 0.1) is 12.2 Å². The van der Waals surface area contributed by atoms with E-state index in [4.69, 9.17) is 15.2 Å². The Hall–Kier alpha value is -1.75. The van der Waals surface area contributed by atoms with Crippen molar-refractivity contribution in [2.24, 2.45) is 5.92 Å². The third-order valence-electron chi connectivity index (χ3n) is 3.91. The van der Waals surface area contributed by atoms with Crippen LogP contribution in [-0.4, -0.2) is 39.4 Å². The van der Waals surface area contributed by atoms with Gasteiger partial charge in [-0.05, 0) is 43.9 Å². The average Bonchev–Trinajstić information content (AvgIpc) is 2.49. The molecule has 1 aliphatic rings. The van der Waals surface area contributed by atoms with Gasteiger partial charge in [0.15, 0.2) is 0 Å². The van der Waals surface area contributed by atoms with Crippen LogP contribution < -0.4 is 10.6 Å². The summed E-state index contributed by atoms with van der Waals surface area (Å²) in [5, 5.41) is 0. The molecule has 0 aromatic heterocycles. The van der Waals surface area contributed by atoms with Crippen LogP contribution in [0.5, 0.6) is 0 Å². The van der Waals surface area contributed by atoms with Crippen molar-refractivity contribution in [3.63, 3.8) is 0 Å². The van der Waals surface area contributed by atoms with E-state index in [9.17, 15) is 4.79 Å². The van der Waals surface area contributed by atoms with Gasteiger partial charge in [0.2, 0.25) is 0 Å². The first kappa shape index (κ1) is 15.6. The number of nitrogens with two attached hydrogens (primary N) is 1. The summed E-state index contributed by atoms with van der Waals surface area (Å²) in [6.45, 7) is 4.91. The van der Waals surface area contributed by atoms with Crippen LogP contribution in [-0.2, 0) is 9.47 Å². The van der Waals surface area contributed by atoms with E-state index in [2.05, 4.69) is 4.90 Å². The molecule has 0 bridgehead atoms. The van der Waals surface area contributed by atoms with Crippen molar-refractivity contribution in [2.45, 2.75) is 19.8 Å². The molecule has 0 atom stereocenters. The number of rotatable bonds is 5. The predicted molar refractivity (Wildman–Crippen MR) is 83.6 cm³/mol. The Kier molecular flexibility index (Phi) is 5.44. The zero-order valence-electron chi connectivity index (χ0n) is 12.8. The molecule has 1 saturated heterocycles. The molecule has 2 rings (SSSR count). The molecule has 1 fully saturated rings. The molecule has 0 amide bonds. The molecule has 116 valence electrons. The molecule has 1 aromatic rings. The van der Waals surface area contributed by atoms with Gasteiger partial charge in [0.1, 0.15) is 0 Å². The van der Waals surface area contributed by atoms with E-state index in [1.54, 1.807) is 20.1 Å². The maximum atomic E-state index is 11.9. The van der Waals surface area contributed by atoms with Gasteiger partial charge >= 0.3 is 5.97 Å². The molecule has 0 radical (unpaired) electrons. The van der Waals surface area contributed by atoms with Gasteiger partial charge in [-0.1, -0.05) is 0 Å². The van der Waals surface area contributed by atoms with E-state index >= 15 is 0 Å². The third-order valence-corrected chi connectivity index (χ3v) is 3.91. The number of nitrogens with zero attached hydrogens (tertiary/aromatic N) is 1. The molecule has 0 saturated carbocycles. The Bertz CT molecular complexity index is 482. The predicted octanol–water partition coefficient (Wildman–Crippen LogP) is 2.31. The molecule has 21 heavy (non-hydrogen) atoms. The summed E-state index contributed by atoms with van der Waals surface area (Å²) < 4.78 is 10.3. The lowest BCUT2D eigenvalue weighted by Gasteiger charge is -2.33. The summed E-state index contributed by atoms with van der Waals surface area (Å²) >= 11 is 0. The molecular weight excluding hydrogens is 268 g/mol. The Morgan fingerprint density at radius 3 is 2.71 bits per heavy atom. The second-order valence-corrected chi connectivity index (χ2v) is 5.38. The minimum Gasteiger partial charge on any atom is -0.462 e. The highest BCUT2D eigenvalue weighted by Gasteiger charge is 2.21. The van der Waals surface area contributed by atoms with Crippen LogP contribution in [0.1, 0.15) is 30.1 Å². The normalized spacial score (nSPS) is 16.0. The van der Waals surface area contributed by atoms with E-state index in [-0.39, 0.29) is 5.97 Å². The number of carbonyl (C=O) groups excluding carboxylic acids is 1. The first-order chi connectivity index (χ1) is 10.2. The quantitative estimate of drug-likeness (QED) is 0.666. The number of esters is 1. The molecule has 0 aliphatic carbocycles. The van der Waals surface area contributed by atoms with Crippen LogP contribution in [0.15, 0.2) is 18.2 Å². The number of nitrogen functional groups attached to an aromatic ring is 1. The summed E-state index contributed by atoms with van der Waals surface area (Å²) in [5.41, 5.74) is 7.82. The average molecular weight is 292 g/mol. The number of ether oxygens (including phenoxy) is 2. The fraction of sp³-hybridized carbons (Fsp3) is 0.562. The molecule has 2 N–H and O–H groups in total. The minimum absolute atomic E-state index is 0.352. The number of carbonyl (C=O) groups is 1. The van der Waals surface area contributed by atoms with Gasteiger partial charge in [-0.25, -0.2) is 4.79 Å². The lowest BCUT2D eigenvalue weighted by molar-refractivity contribution is 0.0527. The highest BCUT2D eigenvalue weighted by Crippen LogP contribution is 2.26. The number of hydrogen-bond donors (Lipinski definition) is 1. The topological polar surface area (TPSA) is 64.8 Å². The zero-order chi connectivity index (χ0) is 15.2. The maximum Gasteiger partial charge on any atom is 0.340 e. The van der Waals surface area contributed by atoms with Crippen LogP contribution in [0.25, 0.3) is 0 Å². The van der Waals surface area contributed by atoms with Crippen molar-refractivity contribution in [1.29, 1.82) is 0 Å². The van der Waals surface area contributed by atoms with E-state index in [0.717, 1.165) is 38.2 Å². The van der Waals surface area contributed by atoms with Crippen molar-refractivity contribution >= 4 is 17.3 Å². The van der Waals surface area contributed by atoms with Crippen molar-refractivity contribution in [1.82, 2.24) is 0 Å². The smallest absolute Gasteiger partial charge is 0.340 e. The first-order valence-corrected chi connectivity index (χ1v) is 7.46. The number of hydrogen-bond acceptors (Lipinski definition) is 5. The fourth-order valence-corrected chi connectivity index (χ4v) is 2.72. The van der Waals surface area contributed by atoms with Crippen molar-refractivity contribution < 1.29 is 14.3 Å². The minimum atomic E-state index is -0.355. The van der Waals surface area contributed by atoms with Crippen LogP contribution >= 0.6 is 0 Å². The highest BCUT2D eigenvalue weighted by molar-refractivity contribution is 5.96. The monoisotopic (exact) mass is 292 g/mol. The van der Waals surface area contributed by atoms with Crippen molar-refractivity contribution in [3.8, 4) is 0 Å². The molecular formula is C16H24N2O3. The van der Waals surface area contributed by atoms with E-state index in [1.807, 2.05) is 12.1 Å². The molecule has 1 aliphatic heterocycles. The number of piperidine rings is 1. The summed E-state index contributed by atoms with van der Waals surface area (Å²) in [5.74, 6) is 0.274. The van der Waals surface area contributed by atoms with E-state index < -0.39 is 0 Å². The standard InChI is InChI=1S/C16H24N2O3/c1-3-21-16(19)14-10-13(4-5-15(14)17)18-8-6-12(7-9-18)11-20-2/h4-5,10,12H,3,6-9,11,17H2,1-2H3. The van der Waals surface area contributed by atoms with Gasteiger partial charge < -0.3 is 20.1 Å². The lowest BCUT2D eigenvalue weighted by atomic mass is 9.97. The summed E-state index contributed by atoms with van der Waals surface area (Å²) in [6, 6.07) is 5.58. The molecule has 0 unspecified atom stereocenters. The van der Waals surface area contributed by atoms with Gasteiger partial charge in [-0.3, -0.25) is 0 Å². The van der Waals surface area contributed by atoms with Crippen molar-refractivity contribution in [3.05, 3.63) is 23.8 Å². The molecule has 1 heterocycles. The molecule has 5 heteroatoms. The summed E-state index contributed by atoms with van der Waals surface area (Å²) in [7, 11) is 1.75. The molecule has 1 aromatic carbocycles. The Morgan fingerprint density at radius 2 is 2.10 bits per heavy atom. The second-order valence-electron chi connectivity index (χ2n) is 5.38. The van der Waals surface area contributed by atoms with Crippen molar-refractivity contribution in [2.75, 3.05) is 44.0 Å². The summed E-state index contributed by atoms with van der Waals surface area (Å²) in [4.78, 5) is 14.2. The fourth-order valence-electron chi connectivity index (χ4n) is 2.72. The highest BCUT2D eigenvalue weighted by atomic mass is 16.5. The van der Waals surface area contributed by atoms with Gasteiger partial charge in [0, 0.05) is 38.2 Å². The van der Waals surface area contributed by atoms with Gasteiger partial charge in [-0.2, -0.15) is 0 Å². The first-order valence-electron chi connectivity index (χ1n) is 7.46. The van der Waals surface area contributed by atoms with Crippen LogP contribution in [0.4, 0.5) is 11.4 Å². The SMILES string of the molecule is CCOC(=O)c1cc(N2CCC(COC)CC2)ccc1N. The van der Waals surface area contributed by atoms with Gasteiger partial charge in [-0.15, -0.1) is 0 Å². The van der Waals surface area contributed by atoms with Crippen LogP contribution in [0.3, 0.4) is 0 Å². The Balaban J connectivity index is 2.07. The van der Waals surface area contributed by atoms with E-state index in [1.165, 1.54) is 0 Å².